The molecule has 0 heterocycles. The van der Waals surface area contributed by atoms with Crippen LogP contribution in [0.2, 0.25) is 0 Å². The second-order valence-corrected chi connectivity index (χ2v) is 5.65. The van der Waals surface area contributed by atoms with Crippen LogP contribution in [0.4, 0.5) is 8.78 Å². The third-order valence-electron chi connectivity index (χ3n) is 3.20. The molecule has 1 nitrogen and oxygen atoms in total. The van der Waals surface area contributed by atoms with Crippen LogP contribution in [0.3, 0.4) is 0 Å². The van der Waals surface area contributed by atoms with E-state index < -0.39 is 0 Å². The Kier molecular flexibility index (Phi) is 5.15. The topological polar surface area (TPSA) is 12.0 Å². The lowest BCUT2D eigenvalue weighted by molar-refractivity contribution is 0.600. The fourth-order valence-corrected chi connectivity index (χ4v) is 3.17. The average Bonchev–Trinajstić information content (AvgIpc) is 2.43. The van der Waals surface area contributed by atoms with E-state index in [4.69, 9.17) is 0 Å². The van der Waals surface area contributed by atoms with Crippen LogP contribution in [-0.2, 0) is 0 Å². The number of hydrogen-bond donors (Lipinski definition) is 1. The zero-order chi connectivity index (χ0) is 14.5. The van der Waals surface area contributed by atoms with E-state index in [9.17, 15) is 8.78 Å². The van der Waals surface area contributed by atoms with E-state index >= 15 is 0 Å². The maximum Gasteiger partial charge on any atom is 0.136 e. The normalized spacial score (nSPS) is 12.4. The van der Waals surface area contributed by atoms with Crippen LogP contribution in [0.15, 0.2) is 47.4 Å². The van der Waals surface area contributed by atoms with E-state index in [1.165, 1.54) is 30.0 Å². The summed E-state index contributed by atoms with van der Waals surface area (Å²) in [5.41, 5.74) is 1.94. The molecule has 1 atom stereocenters. The van der Waals surface area contributed by atoms with Crippen molar-refractivity contribution in [3.05, 3.63) is 65.2 Å². The van der Waals surface area contributed by atoms with Gasteiger partial charge in [-0.25, -0.2) is 8.78 Å². The molecule has 4 heteroatoms. The van der Waals surface area contributed by atoms with Gasteiger partial charge < -0.3 is 5.32 Å². The minimum absolute atomic E-state index is 0.0557. The first-order valence-corrected chi connectivity index (χ1v) is 7.41. The number of nitrogens with one attached hydrogen (secondary N) is 1. The van der Waals surface area contributed by atoms with Gasteiger partial charge in [0.1, 0.15) is 11.6 Å². The molecule has 0 amide bonds. The SMILES string of the molecule is CNC(CSc1ccccc1F)c1ccc(F)cc1C. The van der Waals surface area contributed by atoms with Gasteiger partial charge in [0, 0.05) is 16.7 Å². The van der Waals surface area contributed by atoms with Crippen molar-refractivity contribution < 1.29 is 8.78 Å². The smallest absolute Gasteiger partial charge is 0.136 e. The van der Waals surface area contributed by atoms with Gasteiger partial charge in [-0.1, -0.05) is 18.2 Å². The van der Waals surface area contributed by atoms with Crippen LogP contribution in [0.5, 0.6) is 0 Å². The monoisotopic (exact) mass is 293 g/mol. The Bertz CT molecular complexity index is 586. The van der Waals surface area contributed by atoms with Crippen molar-refractivity contribution in [1.82, 2.24) is 5.32 Å². The first-order valence-electron chi connectivity index (χ1n) is 6.42. The zero-order valence-corrected chi connectivity index (χ0v) is 12.3. The summed E-state index contributed by atoms with van der Waals surface area (Å²) >= 11 is 1.46. The largest absolute Gasteiger partial charge is 0.312 e. The Hall–Kier alpha value is -1.39. The molecule has 0 aromatic heterocycles. The molecule has 2 aromatic carbocycles. The lowest BCUT2D eigenvalue weighted by atomic mass is 10.0. The van der Waals surface area contributed by atoms with E-state index in [0.717, 1.165) is 11.1 Å². The van der Waals surface area contributed by atoms with E-state index in [1.807, 2.05) is 20.0 Å². The standard InChI is InChI=1S/C16H17F2NS/c1-11-9-12(17)7-8-13(11)15(19-2)10-20-16-6-4-3-5-14(16)18/h3-9,15,19H,10H2,1-2H3. The van der Waals surface area contributed by atoms with Gasteiger partial charge in [0.15, 0.2) is 0 Å². The van der Waals surface area contributed by atoms with E-state index in [0.29, 0.717) is 10.6 Å². The molecule has 0 fully saturated rings. The van der Waals surface area contributed by atoms with Crippen molar-refractivity contribution in [2.24, 2.45) is 0 Å². The molecule has 1 N–H and O–H groups in total. The first kappa shape index (κ1) is 15.0. The van der Waals surface area contributed by atoms with Gasteiger partial charge in [-0.2, -0.15) is 0 Å². The van der Waals surface area contributed by atoms with Gasteiger partial charge in [-0.15, -0.1) is 11.8 Å². The number of hydrogen-bond acceptors (Lipinski definition) is 2. The van der Waals surface area contributed by atoms with Crippen molar-refractivity contribution in [2.75, 3.05) is 12.8 Å². The second-order valence-electron chi connectivity index (χ2n) is 4.58. The highest BCUT2D eigenvalue weighted by atomic mass is 32.2. The quantitative estimate of drug-likeness (QED) is 0.824. The van der Waals surface area contributed by atoms with Gasteiger partial charge >= 0.3 is 0 Å². The lowest BCUT2D eigenvalue weighted by Crippen LogP contribution is -2.19. The van der Waals surface area contributed by atoms with E-state index in [-0.39, 0.29) is 17.7 Å². The molecule has 0 radical (unpaired) electrons. The molecule has 20 heavy (non-hydrogen) atoms. The molecule has 106 valence electrons. The maximum atomic E-state index is 13.6. The molecule has 0 bridgehead atoms. The Morgan fingerprint density at radius 2 is 1.90 bits per heavy atom. The third kappa shape index (κ3) is 3.58. The summed E-state index contributed by atoms with van der Waals surface area (Å²) in [6.45, 7) is 1.89. The molecular weight excluding hydrogens is 276 g/mol. The zero-order valence-electron chi connectivity index (χ0n) is 11.5. The first-order chi connectivity index (χ1) is 9.61. The van der Waals surface area contributed by atoms with Crippen molar-refractivity contribution in [3.63, 3.8) is 0 Å². The van der Waals surface area contributed by atoms with Crippen molar-refractivity contribution >= 4 is 11.8 Å². The number of benzene rings is 2. The van der Waals surface area contributed by atoms with Crippen molar-refractivity contribution in [2.45, 2.75) is 17.9 Å². The van der Waals surface area contributed by atoms with E-state index in [1.54, 1.807) is 18.2 Å². The van der Waals surface area contributed by atoms with Gasteiger partial charge in [0.25, 0.3) is 0 Å². The van der Waals surface area contributed by atoms with Crippen LogP contribution < -0.4 is 5.32 Å². The Labute approximate surface area is 122 Å². The highest BCUT2D eigenvalue weighted by Gasteiger charge is 2.13. The summed E-state index contributed by atoms with van der Waals surface area (Å²) in [6.07, 6.45) is 0. The van der Waals surface area contributed by atoms with Crippen LogP contribution in [0, 0.1) is 18.6 Å². The highest BCUT2D eigenvalue weighted by molar-refractivity contribution is 7.99. The fraction of sp³-hybridized carbons (Fsp3) is 0.250. The second kappa shape index (κ2) is 6.86. The minimum atomic E-state index is -0.233. The fourth-order valence-electron chi connectivity index (χ4n) is 2.09. The van der Waals surface area contributed by atoms with Gasteiger partial charge in [-0.3, -0.25) is 0 Å². The number of aryl methyl sites for hydroxylation is 1. The van der Waals surface area contributed by atoms with E-state index in [2.05, 4.69) is 5.32 Å². The predicted molar refractivity (Wildman–Crippen MR) is 80.1 cm³/mol. The molecule has 2 rings (SSSR count). The molecule has 0 aliphatic carbocycles. The lowest BCUT2D eigenvalue weighted by Gasteiger charge is -2.18. The molecule has 0 saturated carbocycles. The molecule has 0 aliphatic heterocycles. The van der Waals surface area contributed by atoms with Crippen LogP contribution >= 0.6 is 11.8 Å². The molecule has 0 spiro atoms. The summed E-state index contributed by atoms with van der Waals surface area (Å²) < 4.78 is 26.7. The number of thioether (sulfide) groups is 1. The molecular formula is C16H17F2NS. The van der Waals surface area contributed by atoms with Gasteiger partial charge in [0.05, 0.1) is 0 Å². The molecule has 2 aromatic rings. The van der Waals surface area contributed by atoms with Gasteiger partial charge in [-0.05, 0) is 49.4 Å². The van der Waals surface area contributed by atoms with Crippen LogP contribution in [-0.4, -0.2) is 12.8 Å². The van der Waals surface area contributed by atoms with Crippen LogP contribution in [0.1, 0.15) is 17.2 Å². The minimum Gasteiger partial charge on any atom is -0.312 e. The summed E-state index contributed by atoms with van der Waals surface area (Å²) in [7, 11) is 1.86. The number of rotatable bonds is 5. The molecule has 0 aliphatic rings. The van der Waals surface area contributed by atoms with Crippen molar-refractivity contribution in [1.29, 1.82) is 0 Å². The summed E-state index contributed by atoms with van der Waals surface area (Å²) in [5, 5.41) is 3.20. The Morgan fingerprint density at radius 1 is 1.15 bits per heavy atom. The Balaban J connectivity index is 2.11. The Morgan fingerprint density at radius 3 is 2.55 bits per heavy atom. The average molecular weight is 293 g/mol. The van der Waals surface area contributed by atoms with Crippen molar-refractivity contribution in [3.8, 4) is 0 Å². The number of halogens is 2. The predicted octanol–water partition coefficient (Wildman–Crippen LogP) is 4.33. The highest BCUT2D eigenvalue weighted by Crippen LogP contribution is 2.28. The summed E-state index contributed by atoms with van der Waals surface area (Å²) in [5.74, 6) is 0.246. The van der Waals surface area contributed by atoms with Crippen LogP contribution in [0.25, 0.3) is 0 Å². The third-order valence-corrected chi connectivity index (χ3v) is 4.34. The maximum absolute atomic E-state index is 13.6. The summed E-state index contributed by atoms with van der Waals surface area (Å²) in [6, 6.07) is 11.5. The summed E-state index contributed by atoms with van der Waals surface area (Å²) in [4.78, 5) is 0.632. The molecule has 1 unspecified atom stereocenters. The van der Waals surface area contributed by atoms with Gasteiger partial charge in [0.2, 0.25) is 0 Å². The molecule has 0 saturated heterocycles.